The molecule has 2 heteroatoms. The Morgan fingerprint density at radius 1 is 1.24 bits per heavy atom. The Morgan fingerprint density at radius 3 is 1.88 bits per heavy atom. The van der Waals surface area contributed by atoms with E-state index in [0.717, 1.165) is 11.8 Å². The van der Waals surface area contributed by atoms with E-state index >= 15 is 0 Å². The Hall–Kier alpha value is -1.04. The van der Waals surface area contributed by atoms with Crippen molar-refractivity contribution in [2.75, 3.05) is 20.1 Å². The average Bonchev–Trinajstić information content (AvgIpc) is 2.52. The van der Waals surface area contributed by atoms with Crippen LogP contribution < -0.4 is 0 Å². The van der Waals surface area contributed by atoms with Crippen molar-refractivity contribution < 1.29 is 0 Å². The van der Waals surface area contributed by atoms with Crippen LogP contribution in [0.1, 0.15) is 60.8 Å². The van der Waals surface area contributed by atoms with Gasteiger partial charge in [0.15, 0.2) is 0 Å². The molecule has 0 aliphatic carbocycles. The molecule has 104 valence electrons. The zero-order valence-corrected chi connectivity index (χ0v) is 19.0. The van der Waals surface area contributed by atoms with Gasteiger partial charge in [0.25, 0.3) is 0 Å². The molecule has 0 N–H and O–H groups in total. The van der Waals surface area contributed by atoms with Crippen LogP contribution in [0.25, 0.3) is 0 Å². The molecule has 1 saturated heterocycles. The molecule has 1 atom stereocenters. The fourth-order valence-corrected chi connectivity index (χ4v) is 1.94. The maximum atomic E-state index is 2.41. The molecule has 1 fully saturated rings. The molecule has 1 aliphatic heterocycles. The predicted octanol–water partition coefficient (Wildman–Crippen LogP) is 4.88. The number of likely N-dealkylation sites (tertiary alicyclic amines) is 1. The second-order valence-electron chi connectivity index (χ2n) is 5.01. The molecule has 0 aromatic carbocycles. The summed E-state index contributed by atoms with van der Waals surface area (Å²) >= 11 is 0. The van der Waals surface area contributed by atoms with Crippen LogP contribution in [0.15, 0.2) is 0 Å². The summed E-state index contributed by atoms with van der Waals surface area (Å²) in [6.07, 6.45) is 5.50. The SMILES string of the molecule is C.CCC1CCN(C)C1.CCCC(C)C.[CH3-].[Rf]. The van der Waals surface area contributed by atoms with Gasteiger partial charge in [-0.2, -0.15) is 0 Å². The van der Waals surface area contributed by atoms with E-state index in [1.54, 1.807) is 0 Å². The topological polar surface area (TPSA) is 3.24 Å². The van der Waals surface area contributed by atoms with Crippen LogP contribution in [0.5, 0.6) is 0 Å². The molecule has 0 spiro atoms. The second-order valence-corrected chi connectivity index (χ2v) is 5.01. The fourth-order valence-electron chi connectivity index (χ4n) is 1.94. The number of hydrogen-bond acceptors (Lipinski definition) is 1. The van der Waals surface area contributed by atoms with Crippen molar-refractivity contribution >= 4 is 0 Å². The summed E-state index contributed by atoms with van der Waals surface area (Å²) in [5.41, 5.74) is 0. The third-order valence-electron chi connectivity index (χ3n) is 2.93. The van der Waals surface area contributed by atoms with Crippen LogP contribution in [0.4, 0.5) is 0 Å². The maximum Gasteiger partial charge on any atom is 0.000698 e. The van der Waals surface area contributed by atoms with Gasteiger partial charge >= 0.3 is 0 Å². The molecule has 0 saturated carbocycles. The molecule has 0 radical (unpaired) electrons. The van der Waals surface area contributed by atoms with Crippen LogP contribution in [0.3, 0.4) is 0 Å². The third-order valence-corrected chi connectivity index (χ3v) is 2.93. The summed E-state index contributed by atoms with van der Waals surface area (Å²) in [7, 11) is 2.20. The first-order valence-electron chi connectivity index (χ1n) is 6.28. The van der Waals surface area contributed by atoms with Gasteiger partial charge in [-0.3, -0.25) is 0 Å². The smallest absolute Gasteiger partial charge is 0.000698 e. The van der Waals surface area contributed by atoms with Crippen molar-refractivity contribution in [2.24, 2.45) is 11.8 Å². The van der Waals surface area contributed by atoms with Crippen molar-refractivity contribution in [2.45, 2.75) is 60.8 Å². The van der Waals surface area contributed by atoms with Gasteiger partial charge < -0.3 is 12.3 Å². The summed E-state index contributed by atoms with van der Waals surface area (Å²) in [6.45, 7) is 11.7. The third kappa shape index (κ3) is 15.0. The zero-order chi connectivity index (χ0) is 11.0. The molecule has 0 aromatic rings. The largest absolute Gasteiger partial charge is 0.358 e. The van der Waals surface area contributed by atoms with Crippen LogP contribution in [0, 0.1) is 19.3 Å². The summed E-state index contributed by atoms with van der Waals surface area (Å²) < 4.78 is 0. The molecule has 1 unspecified atom stereocenters. The van der Waals surface area contributed by atoms with E-state index in [9.17, 15) is 0 Å². The summed E-state index contributed by atoms with van der Waals surface area (Å²) in [6, 6.07) is 0. The first-order valence-corrected chi connectivity index (χ1v) is 6.28. The number of nitrogens with zero attached hydrogens (tertiary/aromatic N) is 1. The first-order chi connectivity index (χ1) is 6.60. The van der Waals surface area contributed by atoms with Crippen LogP contribution >= 0.6 is 0 Å². The zero-order valence-electron chi connectivity index (χ0n) is 12.6. The fraction of sp³-hybridized carbons (Fsp3) is 0.933. The van der Waals surface area contributed by atoms with Crippen LogP contribution in [0.2, 0.25) is 0 Å². The minimum Gasteiger partial charge on any atom is -0.358 e. The molecule has 1 aliphatic rings. The normalized spacial score (nSPS) is 18.4. The molecular weight excluding hydrogens is 461 g/mol. The van der Waals surface area contributed by atoms with Gasteiger partial charge in [0.1, 0.15) is 0 Å². The first kappa shape index (κ1) is 25.0. The minimum absolute atomic E-state index is 0. The van der Waals surface area contributed by atoms with Crippen LogP contribution in [-0.2, 0) is 0 Å². The monoisotopic (exact) mass is 497 g/mol. The molecule has 0 bridgehead atoms. The Morgan fingerprint density at radius 2 is 1.76 bits per heavy atom. The van der Waals surface area contributed by atoms with E-state index < -0.39 is 0 Å². The molecule has 1 heterocycles. The number of hydrogen-bond donors (Lipinski definition) is 0. The van der Waals surface area contributed by atoms with Crippen molar-refractivity contribution in [1.29, 1.82) is 0 Å². The van der Waals surface area contributed by atoms with Gasteiger partial charge in [-0.1, -0.05) is 54.4 Å². The Bertz CT molecular complexity index is 126. The van der Waals surface area contributed by atoms with Gasteiger partial charge in [-0.05, 0) is 31.8 Å². The predicted molar refractivity (Wildman–Crippen MR) is 78.8 cm³/mol. The molecule has 0 aromatic heterocycles. The van der Waals surface area contributed by atoms with Crippen molar-refractivity contribution in [3.63, 3.8) is 0 Å². The van der Waals surface area contributed by atoms with E-state index in [2.05, 4.69) is 39.6 Å². The van der Waals surface area contributed by atoms with Crippen LogP contribution in [-0.4, -0.2) is 25.0 Å². The summed E-state index contributed by atoms with van der Waals surface area (Å²) in [5, 5.41) is 0. The van der Waals surface area contributed by atoms with Gasteiger partial charge in [0.2, 0.25) is 0 Å². The summed E-state index contributed by atoms with van der Waals surface area (Å²) in [4.78, 5) is 2.41. The average molecular weight is 497 g/mol. The van der Waals surface area contributed by atoms with E-state index in [4.69, 9.17) is 0 Å². The second kappa shape index (κ2) is 15.0. The molecule has 1 rings (SSSR count). The molecule has 0 amide bonds. The molecule has 17 heavy (non-hydrogen) atoms. The maximum absolute atomic E-state index is 2.41. The Kier molecular flexibility index (Phi) is 22.0. The molecular formula is C15H36NRf-. The van der Waals surface area contributed by atoms with E-state index in [1.165, 1.54) is 38.8 Å². The van der Waals surface area contributed by atoms with Gasteiger partial charge in [0.05, 0.1) is 0 Å². The van der Waals surface area contributed by atoms with Crippen molar-refractivity contribution in [3.05, 3.63) is 7.43 Å². The minimum atomic E-state index is 0. The van der Waals surface area contributed by atoms with E-state index in [1.807, 2.05) is 0 Å². The van der Waals surface area contributed by atoms with Crippen molar-refractivity contribution in [1.82, 2.24) is 4.90 Å². The molecule has 1 nitrogen and oxygen atoms in total. The number of rotatable bonds is 3. The van der Waals surface area contributed by atoms with Gasteiger partial charge in [-0.25, -0.2) is 0 Å². The van der Waals surface area contributed by atoms with Gasteiger partial charge in [0, 0.05) is 6.54 Å². The van der Waals surface area contributed by atoms with E-state index in [0.29, 0.717) is 0 Å². The standard InChI is InChI=1S/C7H15N.C6H14.CH4.CH3.Rf/c1-3-7-4-5-8(2)6-7;1-4-5-6(2)3;;;/h7H,3-6H2,1-2H3;6H,4-5H2,1-3H3;1H4;1H3;/q;;;-1;. The Labute approximate surface area is 106 Å². The van der Waals surface area contributed by atoms with Gasteiger partial charge in [-0.15, -0.1) is 0 Å². The van der Waals surface area contributed by atoms with Crippen molar-refractivity contribution in [3.8, 4) is 0 Å². The summed E-state index contributed by atoms with van der Waals surface area (Å²) in [5.74, 6) is 1.90. The quantitative estimate of drug-likeness (QED) is 0.503. The van der Waals surface area contributed by atoms with E-state index in [-0.39, 0.29) is 14.9 Å². The Balaban J connectivity index is -0.0000000873.